The zero-order valence-corrected chi connectivity index (χ0v) is 12.5. The Morgan fingerprint density at radius 2 is 2.14 bits per heavy atom. The number of hydrogen-bond donors (Lipinski definition) is 1. The smallest absolute Gasteiger partial charge is 0.318 e. The van der Waals surface area contributed by atoms with E-state index >= 15 is 0 Å². The molecule has 1 fully saturated rings. The summed E-state index contributed by atoms with van der Waals surface area (Å²) in [5.74, 6) is 2.70. The van der Waals surface area contributed by atoms with Crippen molar-refractivity contribution in [3.05, 3.63) is 60.1 Å². The van der Waals surface area contributed by atoms with E-state index in [9.17, 15) is 4.79 Å². The molecule has 2 amide bonds. The van der Waals surface area contributed by atoms with Gasteiger partial charge in [0.2, 0.25) is 0 Å². The van der Waals surface area contributed by atoms with Gasteiger partial charge in [-0.1, -0.05) is 30.3 Å². The highest BCUT2D eigenvalue weighted by Crippen LogP contribution is 2.29. The fraction of sp³-hybridized carbons (Fsp3) is 0.312. The second kappa shape index (κ2) is 6.72. The highest BCUT2D eigenvalue weighted by Gasteiger charge is 2.28. The molecular weight excluding hydrogens is 284 g/mol. The Morgan fingerprint density at radius 1 is 1.29 bits per heavy atom. The third-order valence-corrected chi connectivity index (χ3v) is 4.59. The number of carbonyl (C=O) groups is 1. The predicted octanol–water partition coefficient (Wildman–Crippen LogP) is 3.28. The van der Waals surface area contributed by atoms with Gasteiger partial charge in [-0.2, -0.15) is 11.8 Å². The van der Waals surface area contributed by atoms with Crippen LogP contribution in [0.25, 0.3) is 0 Å². The standard InChI is InChI=1S/C16H18N2O2S/c19-16(17-11-14-7-4-9-20-14)18-8-10-21-12-15(18)13-5-2-1-3-6-13/h1-7,9,15H,8,10-12H2,(H,17,19)/t15-/m0/s1. The zero-order valence-electron chi connectivity index (χ0n) is 11.7. The lowest BCUT2D eigenvalue weighted by Gasteiger charge is -2.35. The van der Waals surface area contributed by atoms with Crippen LogP contribution in [0.3, 0.4) is 0 Å². The summed E-state index contributed by atoms with van der Waals surface area (Å²) in [6.45, 7) is 1.20. The summed E-state index contributed by atoms with van der Waals surface area (Å²) in [5.41, 5.74) is 1.19. The van der Waals surface area contributed by atoms with Crippen LogP contribution >= 0.6 is 11.8 Å². The van der Waals surface area contributed by atoms with Crippen molar-refractivity contribution in [3.8, 4) is 0 Å². The third-order valence-electron chi connectivity index (χ3n) is 3.57. The van der Waals surface area contributed by atoms with Crippen molar-refractivity contribution in [1.82, 2.24) is 10.2 Å². The molecule has 3 rings (SSSR count). The van der Waals surface area contributed by atoms with Gasteiger partial charge in [0, 0.05) is 18.1 Å². The van der Waals surface area contributed by atoms with Gasteiger partial charge in [0.25, 0.3) is 0 Å². The van der Waals surface area contributed by atoms with E-state index in [1.165, 1.54) is 5.56 Å². The molecule has 0 radical (unpaired) electrons. The van der Waals surface area contributed by atoms with Gasteiger partial charge in [0.15, 0.2) is 0 Å². The number of carbonyl (C=O) groups excluding carboxylic acids is 1. The molecule has 1 saturated heterocycles. The number of furan rings is 1. The second-order valence-electron chi connectivity index (χ2n) is 4.93. The van der Waals surface area contributed by atoms with Gasteiger partial charge in [0.1, 0.15) is 5.76 Å². The first kappa shape index (κ1) is 14.1. The highest BCUT2D eigenvalue weighted by atomic mass is 32.2. The van der Waals surface area contributed by atoms with Gasteiger partial charge in [-0.25, -0.2) is 4.79 Å². The molecular formula is C16H18N2O2S. The SMILES string of the molecule is O=C(NCc1ccco1)N1CCSC[C@H]1c1ccccc1. The van der Waals surface area contributed by atoms with Gasteiger partial charge in [-0.05, 0) is 17.7 Å². The molecule has 1 N–H and O–H groups in total. The summed E-state index contributed by atoms with van der Waals surface area (Å²) in [5, 5.41) is 2.94. The topological polar surface area (TPSA) is 45.5 Å². The minimum atomic E-state index is -0.0273. The number of urea groups is 1. The molecule has 21 heavy (non-hydrogen) atoms. The number of rotatable bonds is 3. The minimum Gasteiger partial charge on any atom is -0.467 e. The summed E-state index contributed by atoms with van der Waals surface area (Å²) in [6.07, 6.45) is 1.62. The Kier molecular flexibility index (Phi) is 4.50. The molecule has 0 aliphatic carbocycles. The van der Waals surface area contributed by atoms with E-state index in [0.29, 0.717) is 6.54 Å². The van der Waals surface area contributed by atoms with E-state index in [1.807, 2.05) is 47.0 Å². The Labute approximate surface area is 128 Å². The predicted molar refractivity (Wildman–Crippen MR) is 84.2 cm³/mol. The summed E-state index contributed by atoms with van der Waals surface area (Å²) < 4.78 is 5.25. The first-order valence-corrected chi connectivity index (χ1v) is 8.19. The molecule has 1 aromatic heterocycles. The quantitative estimate of drug-likeness (QED) is 0.946. The van der Waals surface area contributed by atoms with E-state index in [0.717, 1.165) is 23.8 Å². The van der Waals surface area contributed by atoms with Crippen LogP contribution in [0.2, 0.25) is 0 Å². The Bertz CT molecular complexity index is 571. The average Bonchev–Trinajstić information content (AvgIpc) is 3.07. The first-order chi connectivity index (χ1) is 10.3. The van der Waals surface area contributed by atoms with Crippen LogP contribution in [0.5, 0.6) is 0 Å². The van der Waals surface area contributed by atoms with Gasteiger partial charge in [-0.3, -0.25) is 0 Å². The van der Waals surface area contributed by atoms with E-state index < -0.39 is 0 Å². The van der Waals surface area contributed by atoms with Crippen LogP contribution in [-0.2, 0) is 6.54 Å². The van der Waals surface area contributed by atoms with E-state index in [2.05, 4.69) is 17.4 Å². The highest BCUT2D eigenvalue weighted by molar-refractivity contribution is 7.99. The third kappa shape index (κ3) is 3.42. The molecule has 1 aromatic carbocycles. The maximum atomic E-state index is 12.4. The molecule has 110 valence electrons. The van der Waals surface area contributed by atoms with Crippen molar-refractivity contribution in [1.29, 1.82) is 0 Å². The van der Waals surface area contributed by atoms with Gasteiger partial charge in [-0.15, -0.1) is 0 Å². The number of hydrogen-bond acceptors (Lipinski definition) is 3. The molecule has 1 atom stereocenters. The van der Waals surface area contributed by atoms with Crippen molar-refractivity contribution in [2.75, 3.05) is 18.1 Å². The number of nitrogens with zero attached hydrogens (tertiary/aromatic N) is 1. The second-order valence-corrected chi connectivity index (χ2v) is 6.08. The molecule has 0 spiro atoms. The largest absolute Gasteiger partial charge is 0.467 e. The van der Waals surface area contributed by atoms with Crippen LogP contribution < -0.4 is 5.32 Å². The summed E-state index contributed by atoms with van der Waals surface area (Å²) >= 11 is 1.89. The van der Waals surface area contributed by atoms with Crippen LogP contribution in [0.15, 0.2) is 53.1 Å². The first-order valence-electron chi connectivity index (χ1n) is 7.04. The molecule has 1 aliphatic heterocycles. The number of benzene rings is 1. The molecule has 4 nitrogen and oxygen atoms in total. The minimum absolute atomic E-state index is 0.0273. The van der Waals surface area contributed by atoms with Crippen LogP contribution in [0, 0.1) is 0 Å². The molecule has 2 heterocycles. The molecule has 2 aromatic rings. The summed E-state index contributed by atoms with van der Waals surface area (Å²) in [7, 11) is 0. The van der Waals surface area contributed by atoms with Gasteiger partial charge >= 0.3 is 6.03 Å². The van der Waals surface area contributed by atoms with E-state index in [1.54, 1.807) is 6.26 Å². The van der Waals surface area contributed by atoms with Crippen molar-refractivity contribution in [3.63, 3.8) is 0 Å². The lowest BCUT2D eigenvalue weighted by molar-refractivity contribution is 0.181. The summed E-state index contributed by atoms with van der Waals surface area (Å²) in [4.78, 5) is 14.4. The fourth-order valence-corrected chi connectivity index (χ4v) is 3.56. The van der Waals surface area contributed by atoms with Crippen molar-refractivity contribution in [2.45, 2.75) is 12.6 Å². The summed E-state index contributed by atoms with van der Waals surface area (Å²) in [6, 6.07) is 14.0. The van der Waals surface area contributed by atoms with Crippen molar-refractivity contribution < 1.29 is 9.21 Å². The van der Waals surface area contributed by atoms with Gasteiger partial charge in [0.05, 0.1) is 18.8 Å². The number of nitrogens with one attached hydrogen (secondary N) is 1. The monoisotopic (exact) mass is 302 g/mol. The molecule has 5 heteroatoms. The lowest BCUT2D eigenvalue weighted by Crippen LogP contribution is -2.46. The molecule has 0 bridgehead atoms. The molecule has 1 aliphatic rings. The Morgan fingerprint density at radius 3 is 2.90 bits per heavy atom. The van der Waals surface area contributed by atoms with Crippen LogP contribution in [-0.4, -0.2) is 29.0 Å². The molecule has 0 unspecified atom stereocenters. The van der Waals surface area contributed by atoms with E-state index in [4.69, 9.17) is 4.42 Å². The van der Waals surface area contributed by atoms with Crippen LogP contribution in [0.1, 0.15) is 17.4 Å². The van der Waals surface area contributed by atoms with Crippen molar-refractivity contribution >= 4 is 17.8 Å². The Balaban J connectivity index is 1.67. The van der Waals surface area contributed by atoms with Crippen molar-refractivity contribution in [2.24, 2.45) is 0 Å². The van der Waals surface area contributed by atoms with Gasteiger partial charge < -0.3 is 14.6 Å². The normalized spacial score (nSPS) is 18.5. The maximum absolute atomic E-state index is 12.4. The lowest BCUT2D eigenvalue weighted by atomic mass is 10.1. The number of thioether (sulfide) groups is 1. The molecule has 0 saturated carbocycles. The van der Waals surface area contributed by atoms with Crippen LogP contribution in [0.4, 0.5) is 4.79 Å². The maximum Gasteiger partial charge on any atom is 0.318 e. The number of amides is 2. The fourth-order valence-electron chi connectivity index (χ4n) is 2.48. The Hall–Kier alpha value is -1.88. The average molecular weight is 302 g/mol. The van der Waals surface area contributed by atoms with E-state index in [-0.39, 0.29) is 12.1 Å². The zero-order chi connectivity index (χ0) is 14.5.